The summed E-state index contributed by atoms with van der Waals surface area (Å²) in [5.74, 6) is 1.48. The molecule has 0 aliphatic carbocycles. The summed E-state index contributed by atoms with van der Waals surface area (Å²) < 4.78 is 47.0. The Labute approximate surface area is 268 Å². The number of rotatable bonds is 12. The zero-order valence-electron chi connectivity index (χ0n) is 24.3. The van der Waals surface area contributed by atoms with Crippen LogP contribution in [-0.2, 0) is 12.7 Å². The molecule has 0 spiro atoms. The molecule has 0 bridgehead atoms. The predicted octanol–water partition coefficient (Wildman–Crippen LogP) is 7.69. The van der Waals surface area contributed by atoms with Gasteiger partial charge in [0.05, 0.1) is 17.2 Å². The number of anilines is 1. The van der Waals surface area contributed by atoms with Crippen LogP contribution in [0.3, 0.4) is 0 Å². The lowest BCUT2D eigenvalue weighted by atomic mass is 9.90. The van der Waals surface area contributed by atoms with Crippen molar-refractivity contribution in [3.8, 4) is 5.88 Å². The lowest BCUT2D eigenvalue weighted by Crippen LogP contribution is -2.43. The Morgan fingerprint density at radius 2 is 1.50 bits per heavy atom. The van der Waals surface area contributed by atoms with Gasteiger partial charge in [-0.05, 0) is 35.2 Å². The topological polar surface area (TPSA) is 40.6 Å². The number of hydrogen-bond donors (Lipinski definition) is 1. The second-order valence-corrected chi connectivity index (χ2v) is 11.0. The van der Waals surface area contributed by atoms with Crippen LogP contribution in [0, 0.1) is 0 Å². The van der Waals surface area contributed by atoms with Crippen LogP contribution >= 0.6 is 24.0 Å². The van der Waals surface area contributed by atoms with Crippen LogP contribution in [0.5, 0.6) is 5.88 Å². The third-order valence-corrected chi connectivity index (χ3v) is 8.09. The number of hydrogen-bond acceptors (Lipinski definition) is 5. The molecule has 0 radical (unpaired) electrons. The molecule has 1 aliphatic rings. The zero-order chi connectivity index (χ0) is 30.1. The van der Waals surface area contributed by atoms with Gasteiger partial charge in [0.15, 0.2) is 0 Å². The van der Waals surface area contributed by atoms with Crippen molar-refractivity contribution < 1.29 is 17.9 Å². The Hall–Kier alpha value is -3.30. The van der Waals surface area contributed by atoms with Crippen LogP contribution in [-0.4, -0.2) is 55.8 Å². The molecule has 5 rings (SSSR count). The van der Waals surface area contributed by atoms with Crippen molar-refractivity contribution in [2.45, 2.75) is 25.1 Å². The number of alkyl halides is 3. The first-order valence-electron chi connectivity index (χ1n) is 14.6. The van der Waals surface area contributed by atoms with Gasteiger partial charge in [-0.15, -0.1) is 12.4 Å². The second-order valence-electron chi connectivity index (χ2n) is 10.7. The van der Waals surface area contributed by atoms with E-state index in [0.717, 1.165) is 49.2 Å². The Morgan fingerprint density at radius 3 is 2.14 bits per heavy atom. The van der Waals surface area contributed by atoms with Gasteiger partial charge in [-0.2, -0.15) is 18.2 Å². The van der Waals surface area contributed by atoms with Gasteiger partial charge < -0.3 is 15.0 Å². The number of ether oxygens (including phenoxy) is 1. The third-order valence-electron chi connectivity index (χ3n) is 7.64. The highest BCUT2D eigenvalue weighted by Gasteiger charge is 2.34. The SMILES string of the molecule is Cl.FC(F)(F)c1cccc(CN(CCCOc2cccc(N3CCNCC3)n2)CC(c2ccccc2)c2ccccc2)c1Cl. The van der Waals surface area contributed by atoms with E-state index in [1.54, 1.807) is 6.07 Å². The maximum atomic E-state index is 13.6. The summed E-state index contributed by atoms with van der Waals surface area (Å²) in [5.41, 5.74) is 1.91. The normalized spacial score (nSPS) is 13.6. The van der Waals surface area contributed by atoms with E-state index in [0.29, 0.717) is 37.6 Å². The van der Waals surface area contributed by atoms with E-state index in [1.165, 1.54) is 6.07 Å². The van der Waals surface area contributed by atoms with Crippen molar-refractivity contribution in [3.63, 3.8) is 0 Å². The first kappa shape index (κ1) is 33.6. The maximum absolute atomic E-state index is 13.6. The Balaban J connectivity index is 0.00000442. The number of halogens is 5. The lowest BCUT2D eigenvalue weighted by Gasteiger charge is -2.29. The summed E-state index contributed by atoms with van der Waals surface area (Å²) in [7, 11) is 0. The molecular weight excluding hydrogens is 608 g/mol. The van der Waals surface area contributed by atoms with E-state index < -0.39 is 11.7 Å². The quantitative estimate of drug-likeness (QED) is 0.160. The Bertz CT molecular complexity index is 1400. The van der Waals surface area contributed by atoms with Gasteiger partial charge in [0.2, 0.25) is 5.88 Å². The van der Waals surface area contributed by atoms with Crippen molar-refractivity contribution in [3.05, 3.63) is 124 Å². The number of pyridine rings is 1. The summed E-state index contributed by atoms with van der Waals surface area (Å²) in [6.07, 6.45) is -3.86. The fourth-order valence-corrected chi connectivity index (χ4v) is 5.74. The molecule has 0 saturated carbocycles. The maximum Gasteiger partial charge on any atom is 0.417 e. The molecule has 5 nitrogen and oxygen atoms in total. The Kier molecular flexibility index (Phi) is 12.3. The molecule has 1 saturated heterocycles. The molecular formula is C34H37Cl2F3N4O. The average molecular weight is 646 g/mol. The van der Waals surface area contributed by atoms with Gasteiger partial charge in [0.1, 0.15) is 5.82 Å². The van der Waals surface area contributed by atoms with Crippen LogP contribution in [0.2, 0.25) is 5.02 Å². The van der Waals surface area contributed by atoms with Gasteiger partial charge in [-0.25, -0.2) is 0 Å². The molecule has 1 N–H and O–H groups in total. The van der Waals surface area contributed by atoms with Crippen LogP contribution in [0.15, 0.2) is 97.1 Å². The van der Waals surface area contributed by atoms with E-state index in [4.69, 9.17) is 21.3 Å². The summed E-state index contributed by atoms with van der Waals surface area (Å²) >= 11 is 6.34. The molecule has 2 heterocycles. The molecule has 0 atom stereocenters. The molecule has 234 valence electrons. The van der Waals surface area contributed by atoms with E-state index in [2.05, 4.69) is 39.4 Å². The van der Waals surface area contributed by atoms with Crippen LogP contribution < -0.4 is 15.0 Å². The highest BCUT2D eigenvalue weighted by atomic mass is 35.5. The predicted molar refractivity (Wildman–Crippen MR) is 173 cm³/mol. The molecule has 0 unspecified atom stereocenters. The summed E-state index contributed by atoms with van der Waals surface area (Å²) in [6, 6.07) is 30.3. The summed E-state index contributed by atoms with van der Waals surface area (Å²) in [4.78, 5) is 9.09. The van der Waals surface area contributed by atoms with Crippen LogP contribution in [0.1, 0.15) is 34.6 Å². The molecule has 3 aromatic carbocycles. The number of nitrogens with zero attached hydrogens (tertiary/aromatic N) is 3. The number of aromatic nitrogens is 1. The number of nitrogens with one attached hydrogen (secondary N) is 1. The minimum Gasteiger partial charge on any atom is -0.478 e. The van der Waals surface area contributed by atoms with Gasteiger partial charge in [0, 0.05) is 57.8 Å². The van der Waals surface area contributed by atoms with Crippen LogP contribution in [0.4, 0.5) is 19.0 Å². The largest absolute Gasteiger partial charge is 0.478 e. The first-order chi connectivity index (χ1) is 20.9. The average Bonchev–Trinajstić information content (AvgIpc) is 3.03. The fraction of sp³-hybridized carbons (Fsp3) is 0.324. The van der Waals surface area contributed by atoms with E-state index in [9.17, 15) is 13.2 Å². The van der Waals surface area contributed by atoms with Crippen LogP contribution in [0.25, 0.3) is 0 Å². The van der Waals surface area contributed by atoms with Crippen molar-refractivity contribution in [1.82, 2.24) is 15.2 Å². The molecule has 44 heavy (non-hydrogen) atoms. The van der Waals surface area contributed by atoms with Crippen molar-refractivity contribution >= 4 is 29.8 Å². The summed E-state index contributed by atoms with van der Waals surface area (Å²) in [6.45, 7) is 5.53. The van der Waals surface area contributed by atoms with Gasteiger partial charge in [-0.1, -0.05) is 90.5 Å². The van der Waals surface area contributed by atoms with E-state index in [-0.39, 0.29) is 29.9 Å². The summed E-state index contributed by atoms with van der Waals surface area (Å²) in [5, 5.41) is 3.10. The standard InChI is InChI=1S/C34H36ClF3N4O.ClH/c35-33-28(14-7-15-30(33)34(36,37)38)24-41(25-29(26-10-3-1-4-11-26)27-12-5-2-6-13-27)20-9-23-43-32-17-8-16-31(40-32)42-21-18-39-19-22-42;/h1-8,10-17,29,39H,9,18-25H2;1H. The molecule has 4 aromatic rings. The molecule has 1 aliphatic heterocycles. The number of piperazine rings is 1. The first-order valence-corrected chi connectivity index (χ1v) is 15.0. The molecule has 10 heteroatoms. The van der Waals surface area contributed by atoms with Crippen molar-refractivity contribution in [2.75, 3.05) is 50.8 Å². The second kappa shape index (κ2) is 16.1. The highest BCUT2D eigenvalue weighted by Crippen LogP contribution is 2.37. The highest BCUT2D eigenvalue weighted by molar-refractivity contribution is 6.32. The number of benzene rings is 3. The third kappa shape index (κ3) is 9.11. The van der Waals surface area contributed by atoms with Crippen molar-refractivity contribution in [2.24, 2.45) is 0 Å². The minimum atomic E-state index is -4.52. The molecule has 1 fully saturated rings. The zero-order valence-corrected chi connectivity index (χ0v) is 25.9. The van der Waals surface area contributed by atoms with Gasteiger partial charge >= 0.3 is 6.18 Å². The Morgan fingerprint density at radius 1 is 0.864 bits per heavy atom. The van der Waals surface area contributed by atoms with E-state index >= 15 is 0 Å². The van der Waals surface area contributed by atoms with Crippen molar-refractivity contribution in [1.29, 1.82) is 0 Å². The minimum absolute atomic E-state index is 0. The van der Waals surface area contributed by atoms with Gasteiger partial charge in [-0.3, -0.25) is 4.90 Å². The smallest absolute Gasteiger partial charge is 0.417 e. The van der Waals surface area contributed by atoms with E-state index in [1.807, 2.05) is 54.6 Å². The van der Waals surface area contributed by atoms with Gasteiger partial charge in [0.25, 0.3) is 0 Å². The monoisotopic (exact) mass is 644 g/mol. The molecule has 1 aromatic heterocycles. The lowest BCUT2D eigenvalue weighted by molar-refractivity contribution is -0.137. The molecule has 0 amide bonds. The fourth-order valence-electron chi connectivity index (χ4n) is 5.45.